The van der Waals surface area contributed by atoms with Crippen LogP contribution < -0.4 is 5.32 Å². The molecule has 0 saturated heterocycles. The Morgan fingerprint density at radius 3 is 2.84 bits per heavy atom. The molecule has 0 amide bonds. The van der Waals surface area contributed by atoms with Crippen molar-refractivity contribution in [2.75, 3.05) is 6.54 Å². The maximum atomic E-state index is 10.6. The zero-order valence-corrected chi connectivity index (χ0v) is 12.2. The fourth-order valence-electron chi connectivity index (χ4n) is 3.11. The minimum Gasteiger partial charge on any atom is -0.389 e. The first-order valence-electron chi connectivity index (χ1n) is 7.57. The molecule has 1 aliphatic carbocycles. The van der Waals surface area contributed by atoms with Crippen molar-refractivity contribution in [1.82, 2.24) is 15.1 Å². The monoisotopic (exact) mass is 265 g/mol. The number of nitrogens with one attached hydrogen (secondary N) is 1. The van der Waals surface area contributed by atoms with Crippen molar-refractivity contribution in [2.45, 2.75) is 64.6 Å². The van der Waals surface area contributed by atoms with Crippen LogP contribution in [0, 0.1) is 5.92 Å². The van der Waals surface area contributed by atoms with Crippen LogP contribution >= 0.6 is 0 Å². The molecule has 4 heteroatoms. The molecule has 0 spiro atoms. The summed E-state index contributed by atoms with van der Waals surface area (Å²) in [6.45, 7) is 6.40. The third-order valence-electron chi connectivity index (χ3n) is 4.38. The molecular weight excluding hydrogens is 238 g/mol. The van der Waals surface area contributed by atoms with Gasteiger partial charge in [0.15, 0.2) is 0 Å². The van der Waals surface area contributed by atoms with E-state index in [2.05, 4.69) is 17.3 Å². The summed E-state index contributed by atoms with van der Waals surface area (Å²) in [5.41, 5.74) is 0.597. The Bertz CT molecular complexity index is 380. The number of aliphatic hydroxyl groups is 1. The number of aryl methyl sites for hydroxylation is 1. The van der Waals surface area contributed by atoms with Gasteiger partial charge in [-0.15, -0.1) is 0 Å². The van der Waals surface area contributed by atoms with Crippen molar-refractivity contribution in [3.63, 3.8) is 0 Å². The molecule has 0 aromatic carbocycles. The van der Waals surface area contributed by atoms with Crippen LogP contribution in [0.15, 0.2) is 12.3 Å². The van der Waals surface area contributed by atoms with Gasteiger partial charge in [0.2, 0.25) is 0 Å². The van der Waals surface area contributed by atoms with Crippen LogP contribution in [-0.4, -0.2) is 27.0 Å². The van der Waals surface area contributed by atoms with Crippen molar-refractivity contribution >= 4 is 0 Å². The van der Waals surface area contributed by atoms with Gasteiger partial charge in [-0.25, -0.2) is 0 Å². The highest BCUT2D eigenvalue weighted by atomic mass is 16.3. The lowest BCUT2D eigenvalue weighted by Gasteiger charge is -2.35. The van der Waals surface area contributed by atoms with Crippen LogP contribution in [0.1, 0.15) is 51.6 Å². The standard InChI is InChI=1S/C15H27N3O/c1-3-18-14(9-10-17-18)11-16-12-15(2,19)13-7-5-4-6-8-13/h9-10,13,16,19H,3-8,11-12H2,1-2H3. The third-order valence-corrected chi connectivity index (χ3v) is 4.38. The topological polar surface area (TPSA) is 50.1 Å². The molecule has 2 rings (SSSR count). The van der Waals surface area contributed by atoms with E-state index in [1.54, 1.807) is 0 Å². The normalized spacial score (nSPS) is 20.4. The van der Waals surface area contributed by atoms with Crippen LogP contribution in [0.4, 0.5) is 0 Å². The summed E-state index contributed by atoms with van der Waals surface area (Å²) in [6, 6.07) is 2.03. The Morgan fingerprint density at radius 2 is 2.16 bits per heavy atom. The number of rotatable bonds is 6. The molecule has 1 aromatic heterocycles. The van der Waals surface area contributed by atoms with E-state index >= 15 is 0 Å². The Balaban J connectivity index is 1.80. The maximum Gasteiger partial charge on any atom is 0.0771 e. The van der Waals surface area contributed by atoms with Gasteiger partial charge in [-0.3, -0.25) is 4.68 Å². The fourth-order valence-corrected chi connectivity index (χ4v) is 3.11. The second kappa shape index (κ2) is 6.53. The molecule has 1 saturated carbocycles. The highest BCUT2D eigenvalue weighted by Crippen LogP contribution is 2.32. The van der Waals surface area contributed by atoms with Crippen LogP contribution in [0.25, 0.3) is 0 Å². The lowest BCUT2D eigenvalue weighted by atomic mass is 9.78. The summed E-state index contributed by atoms with van der Waals surface area (Å²) in [7, 11) is 0. The zero-order chi connectivity index (χ0) is 13.7. The van der Waals surface area contributed by atoms with E-state index in [4.69, 9.17) is 0 Å². The summed E-state index contributed by atoms with van der Waals surface area (Å²) >= 11 is 0. The van der Waals surface area contributed by atoms with E-state index in [0.29, 0.717) is 12.5 Å². The van der Waals surface area contributed by atoms with E-state index in [-0.39, 0.29) is 0 Å². The molecule has 0 radical (unpaired) electrons. The summed E-state index contributed by atoms with van der Waals surface area (Å²) in [4.78, 5) is 0. The molecule has 108 valence electrons. The first-order valence-corrected chi connectivity index (χ1v) is 7.57. The Hall–Kier alpha value is -0.870. The minimum absolute atomic E-state index is 0.449. The molecule has 1 unspecified atom stereocenters. The SMILES string of the molecule is CCn1nccc1CNCC(C)(O)C1CCCCC1. The summed E-state index contributed by atoms with van der Waals surface area (Å²) in [5.74, 6) is 0.449. The highest BCUT2D eigenvalue weighted by molar-refractivity contribution is 5.00. The van der Waals surface area contributed by atoms with Crippen molar-refractivity contribution in [3.05, 3.63) is 18.0 Å². The first kappa shape index (κ1) is 14.5. The predicted octanol–water partition coefficient (Wildman–Crippen LogP) is 2.32. The van der Waals surface area contributed by atoms with E-state index in [1.807, 2.05) is 23.9 Å². The van der Waals surface area contributed by atoms with Crippen molar-refractivity contribution in [1.29, 1.82) is 0 Å². The lowest BCUT2D eigenvalue weighted by molar-refractivity contribution is -0.0155. The zero-order valence-electron chi connectivity index (χ0n) is 12.2. The molecule has 1 fully saturated rings. The maximum absolute atomic E-state index is 10.6. The average Bonchev–Trinajstić information content (AvgIpc) is 2.87. The predicted molar refractivity (Wildman–Crippen MR) is 76.8 cm³/mol. The average molecular weight is 265 g/mol. The third kappa shape index (κ3) is 3.80. The number of nitrogens with zero attached hydrogens (tertiary/aromatic N) is 2. The van der Waals surface area contributed by atoms with Gasteiger partial charge in [-0.05, 0) is 38.7 Å². The number of aromatic nitrogens is 2. The Labute approximate surface area is 116 Å². The Morgan fingerprint density at radius 1 is 1.42 bits per heavy atom. The molecule has 0 bridgehead atoms. The lowest BCUT2D eigenvalue weighted by Crippen LogP contribution is -2.45. The van der Waals surface area contributed by atoms with Gasteiger partial charge in [-0.1, -0.05) is 19.3 Å². The molecule has 1 aliphatic rings. The molecule has 1 atom stereocenters. The quantitative estimate of drug-likeness (QED) is 0.830. The van der Waals surface area contributed by atoms with Gasteiger partial charge >= 0.3 is 0 Å². The largest absolute Gasteiger partial charge is 0.389 e. The molecular formula is C15H27N3O. The van der Waals surface area contributed by atoms with Gasteiger partial charge in [0.25, 0.3) is 0 Å². The van der Waals surface area contributed by atoms with Crippen molar-refractivity contribution in [2.24, 2.45) is 5.92 Å². The van der Waals surface area contributed by atoms with Gasteiger partial charge < -0.3 is 10.4 Å². The van der Waals surface area contributed by atoms with Gasteiger partial charge in [0.1, 0.15) is 0 Å². The van der Waals surface area contributed by atoms with Crippen molar-refractivity contribution in [3.8, 4) is 0 Å². The molecule has 4 nitrogen and oxygen atoms in total. The van der Waals surface area contributed by atoms with Gasteiger partial charge in [0, 0.05) is 25.8 Å². The molecule has 1 aromatic rings. The van der Waals surface area contributed by atoms with E-state index in [0.717, 1.165) is 13.1 Å². The van der Waals surface area contributed by atoms with Gasteiger partial charge in [-0.2, -0.15) is 5.10 Å². The highest BCUT2D eigenvalue weighted by Gasteiger charge is 2.32. The number of hydrogen-bond acceptors (Lipinski definition) is 3. The fraction of sp³-hybridized carbons (Fsp3) is 0.800. The molecule has 0 aliphatic heterocycles. The number of hydrogen-bond donors (Lipinski definition) is 2. The van der Waals surface area contributed by atoms with Crippen molar-refractivity contribution < 1.29 is 5.11 Å². The van der Waals surface area contributed by atoms with Crippen LogP contribution in [0.2, 0.25) is 0 Å². The van der Waals surface area contributed by atoms with Gasteiger partial charge in [0.05, 0.1) is 11.3 Å². The summed E-state index contributed by atoms with van der Waals surface area (Å²) in [5, 5.41) is 18.3. The minimum atomic E-state index is -0.586. The van der Waals surface area contributed by atoms with Crippen LogP contribution in [-0.2, 0) is 13.1 Å². The smallest absolute Gasteiger partial charge is 0.0771 e. The van der Waals surface area contributed by atoms with Crippen LogP contribution in [0.3, 0.4) is 0 Å². The summed E-state index contributed by atoms with van der Waals surface area (Å²) < 4.78 is 1.99. The molecule has 19 heavy (non-hydrogen) atoms. The van der Waals surface area contributed by atoms with Crippen LogP contribution in [0.5, 0.6) is 0 Å². The molecule has 2 N–H and O–H groups in total. The molecule has 1 heterocycles. The van der Waals surface area contributed by atoms with E-state index < -0.39 is 5.60 Å². The first-order chi connectivity index (χ1) is 9.13. The second-order valence-electron chi connectivity index (χ2n) is 5.93. The van der Waals surface area contributed by atoms with E-state index in [1.165, 1.54) is 37.8 Å². The Kier molecular flexibility index (Phi) is 4.99. The summed E-state index contributed by atoms with van der Waals surface area (Å²) in [6.07, 6.45) is 8.03. The van der Waals surface area contributed by atoms with E-state index in [9.17, 15) is 5.11 Å². The second-order valence-corrected chi connectivity index (χ2v) is 5.93.